The van der Waals surface area contributed by atoms with Crippen molar-refractivity contribution in [2.45, 2.75) is 25.9 Å². The number of hydrogen-bond acceptors (Lipinski definition) is 2. The van der Waals surface area contributed by atoms with Crippen LogP contribution in [-0.2, 0) is 6.42 Å². The average Bonchev–Trinajstić information content (AvgIpc) is 2.37. The Bertz CT molecular complexity index is 453. The Morgan fingerprint density at radius 1 is 1.40 bits per heavy atom. The van der Waals surface area contributed by atoms with Gasteiger partial charge in [-0.2, -0.15) is 0 Å². The van der Waals surface area contributed by atoms with Crippen molar-refractivity contribution in [1.82, 2.24) is 10.2 Å². The molecule has 112 valence electrons. The van der Waals surface area contributed by atoms with Gasteiger partial charge in [0, 0.05) is 20.1 Å². The molecule has 1 aromatic carbocycles. The molecule has 6 heteroatoms. The molecule has 2 amide bonds. The Hall–Kier alpha value is -0.970. The van der Waals surface area contributed by atoms with Crippen LogP contribution >= 0.6 is 23.2 Å². The van der Waals surface area contributed by atoms with E-state index in [0.717, 1.165) is 18.4 Å². The summed E-state index contributed by atoms with van der Waals surface area (Å²) in [5.41, 5.74) is 1.09. The fourth-order valence-electron chi connectivity index (χ4n) is 1.80. The first-order valence-corrected chi connectivity index (χ1v) is 7.26. The maximum absolute atomic E-state index is 11.7. The first-order chi connectivity index (χ1) is 9.40. The lowest BCUT2D eigenvalue weighted by atomic mass is 10.1. The molecule has 4 nitrogen and oxygen atoms in total. The number of likely N-dealkylation sites (N-methyl/N-ethyl adjacent to an activating group) is 1. The molecule has 0 radical (unpaired) electrons. The van der Waals surface area contributed by atoms with E-state index in [4.69, 9.17) is 23.2 Å². The Kier molecular flexibility index (Phi) is 7.13. The molecule has 1 unspecified atom stereocenters. The summed E-state index contributed by atoms with van der Waals surface area (Å²) in [5, 5.41) is 13.1. The predicted octanol–water partition coefficient (Wildman–Crippen LogP) is 2.95. The number of aliphatic hydroxyl groups excluding tert-OH is 1. The van der Waals surface area contributed by atoms with E-state index in [1.165, 1.54) is 4.90 Å². The molecule has 0 fully saturated rings. The molecule has 0 saturated carbocycles. The summed E-state index contributed by atoms with van der Waals surface area (Å²) in [6, 6.07) is 5.36. The summed E-state index contributed by atoms with van der Waals surface area (Å²) in [7, 11) is 1.65. The molecule has 1 rings (SSSR count). The number of aryl methyl sites for hydroxylation is 1. The molecule has 0 aliphatic rings. The highest BCUT2D eigenvalue weighted by molar-refractivity contribution is 6.42. The van der Waals surface area contributed by atoms with Crippen molar-refractivity contribution in [3.63, 3.8) is 0 Å². The van der Waals surface area contributed by atoms with Crippen molar-refractivity contribution < 1.29 is 9.90 Å². The Morgan fingerprint density at radius 2 is 2.10 bits per heavy atom. The second kappa shape index (κ2) is 8.35. The minimum Gasteiger partial charge on any atom is -0.392 e. The number of carbonyl (C=O) groups is 1. The number of aliphatic hydroxyl groups is 1. The Morgan fingerprint density at radius 3 is 2.70 bits per heavy atom. The molecule has 1 atom stereocenters. The van der Waals surface area contributed by atoms with E-state index in [2.05, 4.69) is 5.32 Å². The van der Waals surface area contributed by atoms with Crippen LogP contribution in [0.3, 0.4) is 0 Å². The van der Waals surface area contributed by atoms with Crippen molar-refractivity contribution in [2.75, 3.05) is 20.1 Å². The highest BCUT2D eigenvalue weighted by Gasteiger charge is 2.09. The lowest BCUT2D eigenvalue weighted by Crippen LogP contribution is -2.41. The monoisotopic (exact) mass is 318 g/mol. The fraction of sp³-hybridized carbons (Fsp3) is 0.500. The molecule has 2 N–H and O–H groups in total. The minimum absolute atomic E-state index is 0.181. The zero-order chi connectivity index (χ0) is 15.1. The fourth-order valence-corrected chi connectivity index (χ4v) is 2.12. The molecule has 0 saturated heterocycles. The lowest BCUT2D eigenvalue weighted by molar-refractivity contribution is 0.144. The predicted molar refractivity (Wildman–Crippen MR) is 82.5 cm³/mol. The van der Waals surface area contributed by atoms with Crippen LogP contribution in [0.15, 0.2) is 18.2 Å². The van der Waals surface area contributed by atoms with E-state index >= 15 is 0 Å². The zero-order valence-electron chi connectivity index (χ0n) is 11.7. The van der Waals surface area contributed by atoms with Crippen molar-refractivity contribution in [3.8, 4) is 0 Å². The summed E-state index contributed by atoms with van der Waals surface area (Å²) in [6.45, 7) is 2.54. The van der Waals surface area contributed by atoms with Crippen LogP contribution in [0.4, 0.5) is 4.79 Å². The van der Waals surface area contributed by atoms with E-state index in [9.17, 15) is 9.90 Å². The summed E-state index contributed by atoms with van der Waals surface area (Å²) in [6.07, 6.45) is 1.10. The van der Waals surface area contributed by atoms with Gasteiger partial charge in [0.15, 0.2) is 0 Å². The zero-order valence-corrected chi connectivity index (χ0v) is 13.2. The van der Waals surface area contributed by atoms with Gasteiger partial charge in [-0.3, -0.25) is 0 Å². The second-order valence-corrected chi connectivity index (χ2v) is 5.63. The maximum atomic E-state index is 11.7. The van der Waals surface area contributed by atoms with Crippen molar-refractivity contribution in [3.05, 3.63) is 33.8 Å². The molecule has 0 aliphatic heterocycles. The van der Waals surface area contributed by atoms with Crippen LogP contribution in [0, 0.1) is 0 Å². The molecular formula is C14H20Cl2N2O2. The Balaban J connectivity index is 2.27. The molecule has 0 aromatic heterocycles. The average molecular weight is 319 g/mol. The molecule has 0 spiro atoms. The van der Waals surface area contributed by atoms with Gasteiger partial charge in [0.05, 0.1) is 16.1 Å². The van der Waals surface area contributed by atoms with Gasteiger partial charge in [0.2, 0.25) is 0 Å². The first kappa shape index (κ1) is 17.1. The van der Waals surface area contributed by atoms with Crippen LogP contribution < -0.4 is 5.32 Å². The smallest absolute Gasteiger partial charge is 0.317 e. The third-order valence-electron chi connectivity index (χ3n) is 2.79. The molecular weight excluding hydrogens is 299 g/mol. The van der Waals surface area contributed by atoms with E-state index < -0.39 is 6.10 Å². The second-order valence-electron chi connectivity index (χ2n) is 4.81. The standard InChI is InChI=1S/C14H20Cl2N2O2/c1-10(19)9-18(2)14(20)17-7-3-4-11-5-6-12(15)13(16)8-11/h5-6,8,10,19H,3-4,7,9H2,1-2H3,(H,17,20). The summed E-state index contributed by atoms with van der Waals surface area (Å²) >= 11 is 11.8. The van der Waals surface area contributed by atoms with Crippen molar-refractivity contribution >= 4 is 29.2 Å². The first-order valence-electron chi connectivity index (χ1n) is 6.51. The third kappa shape index (κ3) is 5.99. The van der Waals surface area contributed by atoms with Crippen LogP contribution in [0.2, 0.25) is 10.0 Å². The van der Waals surface area contributed by atoms with Crippen molar-refractivity contribution in [2.24, 2.45) is 0 Å². The lowest BCUT2D eigenvalue weighted by Gasteiger charge is -2.19. The van der Waals surface area contributed by atoms with Gasteiger partial charge in [0.1, 0.15) is 0 Å². The third-order valence-corrected chi connectivity index (χ3v) is 3.53. The number of nitrogens with one attached hydrogen (secondary N) is 1. The summed E-state index contributed by atoms with van der Waals surface area (Å²) < 4.78 is 0. The molecule has 1 aromatic rings. The SMILES string of the molecule is CC(O)CN(C)C(=O)NCCCc1ccc(Cl)c(Cl)c1. The van der Waals surface area contributed by atoms with Gasteiger partial charge in [-0.1, -0.05) is 29.3 Å². The van der Waals surface area contributed by atoms with Gasteiger partial charge in [-0.15, -0.1) is 0 Å². The summed E-state index contributed by atoms with van der Waals surface area (Å²) in [5.74, 6) is 0. The number of urea groups is 1. The van der Waals surface area contributed by atoms with E-state index in [1.807, 2.05) is 12.1 Å². The number of hydrogen-bond donors (Lipinski definition) is 2. The number of rotatable bonds is 6. The van der Waals surface area contributed by atoms with Crippen LogP contribution in [0.5, 0.6) is 0 Å². The highest BCUT2D eigenvalue weighted by atomic mass is 35.5. The van der Waals surface area contributed by atoms with Gasteiger partial charge in [-0.05, 0) is 37.5 Å². The molecule has 0 heterocycles. The van der Waals surface area contributed by atoms with Crippen molar-refractivity contribution in [1.29, 1.82) is 0 Å². The van der Waals surface area contributed by atoms with Gasteiger partial charge >= 0.3 is 6.03 Å². The number of amides is 2. The quantitative estimate of drug-likeness (QED) is 0.792. The number of nitrogens with zero attached hydrogens (tertiary/aromatic N) is 1. The van der Waals surface area contributed by atoms with Crippen LogP contribution in [0.1, 0.15) is 18.9 Å². The number of carbonyl (C=O) groups excluding carboxylic acids is 1. The van der Waals surface area contributed by atoms with E-state index in [1.54, 1.807) is 20.0 Å². The normalized spacial score (nSPS) is 12.1. The molecule has 0 bridgehead atoms. The van der Waals surface area contributed by atoms with Crippen LogP contribution in [-0.4, -0.2) is 42.3 Å². The largest absolute Gasteiger partial charge is 0.392 e. The summed E-state index contributed by atoms with van der Waals surface area (Å²) in [4.78, 5) is 13.1. The minimum atomic E-state index is -0.526. The van der Waals surface area contributed by atoms with Crippen LogP contribution in [0.25, 0.3) is 0 Å². The molecule has 20 heavy (non-hydrogen) atoms. The number of halogens is 2. The highest BCUT2D eigenvalue weighted by Crippen LogP contribution is 2.22. The van der Waals surface area contributed by atoms with Gasteiger partial charge in [0.25, 0.3) is 0 Å². The Labute approximate surface area is 129 Å². The van der Waals surface area contributed by atoms with E-state index in [-0.39, 0.29) is 6.03 Å². The maximum Gasteiger partial charge on any atom is 0.317 e. The molecule has 0 aliphatic carbocycles. The van der Waals surface area contributed by atoms with Gasteiger partial charge in [-0.25, -0.2) is 4.79 Å². The van der Waals surface area contributed by atoms with E-state index in [0.29, 0.717) is 23.1 Å². The van der Waals surface area contributed by atoms with Gasteiger partial charge < -0.3 is 15.3 Å². The number of benzene rings is 1. The topological polar surface area (TPSA) is 52.6 Å².